The van der Waals surface area contributed by atoms with Crippen molar-refractivity contribution in [1.82, 2.24) is 4.98 Å². The Morgan fingerprint density at radius 3 is 2.39 bits per heavy atom. The molecule has 0 atom stereocenters. The highest BCUT2D eigenvalue weighted by atomic mass is 32.2. The van der Waals surface area contributed by atoms with E-state index in [4.69, 9.17) is 4.84 Å². The number of carbonyl (C=O) groups excluding carboxylic acids is 1. The minimum Gasteiger partial charge on any atom is -0.392 e. The van der Waals surface area contributed by atoms with Crippen molar-refractivity contribution in [3.63, 3.8) is 0 Å². The van der Waals surface area contributed by atoms with E-state index in [0.717, 1.165) is 0 Å². The molecule has 2 aromatic rings. The Morgan fingerprint density at radius 1 is 1.13 bits per heavy atom. The highest BCUT2D eigenvalue weighted by molar-refractivity contribution is 7.92. The maximum atomic E-state index is 12.8. The summed E-state index contributed by atoms with van der Waals surface area (Å²) in [7, 11) is -6.40. The zero-order valence-electron chi connectivity index (χ0n) is 16.4. The number of nitrogens with one attached hydrogen (secondary N) is 1. The first kappa shape index (κ1) is 21.9. The summed E-state index contributed by atoms with van der Waals surface area (Å²) in [5, 5.41) is 8.43. The molecule has 1 saturated carbocycles. The molecule has 2 aliphatic rings. The van der Waals surface area contributed by atoms with Crippen LogP contribution in [0.5, 0.6) is 0 Å². The summed E-state index contributed by atoms with van der Waals surface area (Å²) >= 11 is 1.24. The SMILES string of the molecule is O=C(Nc1nccs1)C(=NOC1CCS(=O)(=O)CC1)c1ccc(S(=O)(=O)C2CC2)cc1. The van der Waals surface area contributed by atoms with Crippen molar-refractivity contribution in [2.45, 2.75) is 41.9 Å². The summed E-state index contributed by atoms with van der Waals surface area (Å²) in [4.78, 5) is 22.5. The van der Waals surface area contributed by atoms with Crippen molar-refractivity contribution in [2.24, 2.45) is 5.16 Å². The molecule has 1 N–H and O–H groups in total. The van der Waals surface area contributed by atoms with Crippen LogP contribution in [0, 0.1) is 0 Å². The fourth-order valence-electron chi connectivity index (χ4n) is 3.14. The van der Waals surface area contributed by atoms with Crippen LogP contribution in [0.2, 0.25) is 0 Å². The van der Waals surface area contributed by atoms with E-state index in [2.05, 4.69) is 15.5 Å². The molecule has 4 rings (SSSR count). The number of amides is 1. The van der Waals surface area contributed by atoms with Crippen molar-refractivity contribution in [1.29, 1.82) is 0 Å². The van der Waals surface area contributed by atoms with Gasteiger partial charge in [-0.05, 0) is 25.0 Å². The molecule has 0 bridgehead atoms. The zero-order valence-corrected chi connectivity index (χ0v) is 18.9. The average molecular weight is 484 g/mol. The zero-order chi connectivity index (χ0) is 22.1. The quantitative estimate of drug-likeness (QED) is 0.471. The second-order valence-corrected chi connectivity index (χ2v) is 12.9. The lowest BCUT2D eigenvalue weighted by atomic mass is 10.1. The third-order valence-corrected chi connectivity index (χ3v) is 9.76. The van der Waals surface area contributed by atoms with Crippen LogP contribution in [-0.2, 0) is 29.3 Å². The first-order valence-corrected chi connectivity index (χ1v) is 14.0. The summed E-state index contributed by atoms with van der Waals surface area (Å²) in [6.07, 6.45) is 3.06. The predicted molar refractivity (Wildman–Crippen MR) is 117 cm³/mol. The molecule has 1 saturated heterocycles. The van der Waals surface area contributed by atoms with Crippen LogP contribution in [-0.4, -0.2) is 56.3 Å². The molecule has 2 heterocycles. The Morgan fingerprint density at radius 2 is 1.81 bits per heavy atom. The van der Waals surface area contributed by atoms with Gasteiger partial charge in [-0.25, -0.2) is 21.8 Å². The fourth-order valence-corrected chi connectivity index (χ4v) is 6.77. The van der Waals surface area contributed by atoms with E-state index in [1.165, 1.54) is 35.6 Å². The highest BCUT2D eigenvalue weighted by Crippen LogP contribution is 2.33. The monoisotopic (exact) mass is 483 g/mol. The summed E-state index contributed by atoms with van der Waals surface area (Å²) in [5.74, 6) is -0.528. The molecule has 1 aliphatic heterocycles. The molecule has 2 fully saturated rings. The number of aromatic nitrogens is 1. The first-order valence-electron chi connectivity index (χ1n) is 9.74. The molecule has 31 heavy (non-hydrogen) atoms. The van der Waals surface area contributed by atoms with Gasteiger partial charge in [0, 0.05) is 30.0 Å². The van der Waals surface area contributed by atoms with E-state index >= 15 is 0 Å². The Hall–Kier alpha value is -2.31. The minimum absolute atomic E-state index is 0.0154. The summed E-state index contributed by atoms with van der Waals surface area (Å²) < 4.78 is 48.0. The standard InChI is InChI=1S/C19H21N3O6S3/c23-18(21-19-20-9-10-29-19)17(22-28-14-7-11-30(24,25)12-8-14)13-1-3-15(4-2-13)31(26,27)16-5-6-16/h1-4,9-10,14,16H,5-8,11-12H2,(H,20,21,23). The highest BCUT2D eigenvalue weighted by Gasteiger charge is 2.36. The van der Waals surface area contributed by atoms with Crippen molar-refractivity contribution in [3.8, 4) is 0 Å². The van der Waals surface area contributed by atoms with Gasteiger partial charge in [0.25, 0.3) is 5.91 Å². The first-order chi connectivity index (χ1) is 14.7. The summed E-state index contributed by atoms with van der Waals surface area (Å²) in [5.41, 5.74) is 0.339. The van der Waals surface area contributed by atoms with Crippen molar-refractivity contribution < 1.29 is 26.5 Å². The van der Waals surface area contributed by atoms with Gasteiger partial charge in [0.15, 0.2) is 30.5 Å². The van der Waals surface area contributed by atoms with E-state index in [-0.39, 0.29) is 27.4 Å². The number of thiazole rings is 1. The van der Waals surface area contributed by atoms with Crippen molar-refractivity contribution in [2.75, 3.05) is 16.8 Å². The van der Waals surface area contributed by atoms with E-state index in [1.807, 2.05) is 0 Å². The van der Waals surface area contributed by atoms with Gasteiger partial charge in [0.2, 0.25) is 0 Å². The molecule has 166 valence electrons. The van der Waals surface area contributed by atoms with E-state index < -0.39 is 31.7 Å². The number of nitrogens with zero attached hydrogens (tertiary/aromatic N) is 2. The molecule has 1 aliphatic carbocycles. The topological polar surface area (TPSA) is 132 Å². The fraction of sp³-hybridized carbons (Fsp3) is 0.421. The van der Waals surface area contributed by atoms with Crippen LogP contribution in [0.1, 0.15) is 31.2 Å². The van der Waals surface area contributed by atoms with Crippen molar-refractivity contribution in [3.05, 3.63) is 41.4 Å². The molecular formula is C19H21N3O6S3. The normalized spacial score (nSPS) is 19.7. The van der Waals surface area contributed by atoms with Gasteiger partial charge in [0.1, 0.15) is 6.10 Å². The number of hydrogen-bond acceptors (Lipinski definition) is 9. The number of anilines is 1. The largest absolute Gasteiger partial charge is 0.392 e. The maximum absolute atomic E-state index is 12.8. The van der Waals surface area contributed by atoms with Crippen LogP contribution in [0.3, 0.4) is 0 Å². The van der Waals surface area contributed by atoms with Crippen LogP contribution in [0.4, 0.5) is 5.13 Å². The molecule has 0 unspecified atom stereocenters. The number of rotatable bonds is 7. The van der Waals surface area contributed by atoms with Gasteiger partial charge < -0.3 is 4.84 Å². The lowest BCUT2D eigenvalue weighted by Crippen LogP contribution is -2.29. The van der Waals surface area contributed by atoms with Crippen LogP contribution >= 0.6 is 11.3 Å². The summed E-state index contributed by atoms with van der Waals surface area (Å²) in [6.45, 7) is 0. The smallest absolute Gasteiger partial charge is 0.280 e. The number of oxime groups is 1. The molecule has 0 radical (unpaired) electrons. The van der Waals surface area contributed by atoms with Gasteiger partial charge >= 0.3 is 0 Å². The maximum Gasteiger partial charge on any atom is 0.280 e. The minimum atomic E-state index is -3.35. The van der Waals surface area contributed by atoms with Gasteiger partial charge in [-0.2, -0.15) is 0 Å². The van der Waals surface area contributed by atoms with Gasteiger partial charge in [-0.3, -0.25) is 10.1 Å². The van der Waals surface area contributed by atoms with Crippen LogP contribution < -0.4 is 5.32 Å². The molecule has 12 heteroatoms. The Balaban J connectivity index is 1.56. The lowest BCUT2D eigenvalue weighted by Gasteiger charge is -2.20. The number of carbonyl (C=O) groups is 1. The van der Waals surface area contributed by atoms with Crippen LogP contribution in [0.15, 0.2) is 45.9 Å². The Kier molecular flexibility index (Phi) is 6.13. The molecule has 1 amide bonds. The Labute approximate surface area is 184 Å². The van der Waals surface area contributed by atoms with E-state index in [9.17, 15) is 21.6 Å². The van der Waals surface area contributed by atoms with E-state index in [1.54, 1.807) is 11.6 Å². The average Bonchev–Trinajstić information content (AvgIpc) is 3.49. The second-order valence-electron chi connectivity index (χ2n) is 7.46. The van der Waals surface area contributed by atoms with Gasteiger partial charge in [-0.1, -0.05) is 17.3 Å². The van der Waals surface area contributed by atoms with E-state index in [0.29, 0.717) is 36.4 Å². The predicted octanol–water partition coefficient (Wildman–Crippen LogP) is 2.02. The molecule has 9 nitrogen and oxygen atoms in total. The van der Waals surface area contributed by atoms with Gasteiger partial charge in [0.05, 0.1) is 21.7 Å². The number of benzene rings is 1. The molecular weight excluding hydrogens is 462 g/mol. The summed E-state index contributed by atoms with van der Waals surface area (Å²) in [6, 6.07) is 5.96. The number of sulfone groups is 2. The Bertz CT molecular complexity index is 1170. The molecule has 1 aromatic carbocycles. The van der Waals surface area contributed by atoms with Crippen molar-refractivity contribution >= 4 is 47.8 Å². The lowest BCUT2D eigenvalue weighted by molar-refractivity contribution is -0.110. The second kappa shape index (κ2) is 8.67. The third kappa shape index (κ3) is 5.31. The van der Waals surface area contributed by atoms with Gasteiger partial charge in [-0.15, -0.1) is 11.3 Å². The van der Waals surface area contributed by atoms with Crippen LogP contribution in [0.25, 0.3) is 0 Å². The molecule has 1 aromatic heterocycles. The third-order valence-electron chi connectivity index (χ3n) is 5.08. The molecule has 0 spiro atoms. The number of hydrogen-bond donors (Lipinski definition) is 1.